The van der Waals surface area contributed by atoms with E-state index in [1.54, 1.807) is 6.20 Å². The molecule has 7 heteroatoms. The number of anilines is 1. The lowest BCUT2D eigenvalue weighted by molar-refractivity contribution is -0.124. The number of carbonyl (C=O) groups excluding carboxylic acids is 1. The smallest absolute Gasteiger partial charge is 0.238 e. The summed E-state index contributed by atoms with van der Waals surface area (Å²) in [5.41, 5.74) is 3.51. The van der Waals surface area contributed by atoms with Crippen molar-refractivity contribution in [1.82, 2.24) is 19.4 Å². The number of hydrogen-bond donors (Lipinski definition) is 0. The summed E-state index contributed by atoms with van der Waals surface area (Å²) >= 11 is 0. The summed E-state index contributed by atoms with van der Waals surface area (Å²) < 4.78 is 2.16. The fraction of sp³-hybridized carbons (Fsp3) is 0.462. The van der Waals surface area contributed by atoms with Crippen LogP contribution in [0.4, 0.5) is 5.69 Å². The van der Waals surface area contributed by atoms with E-state index in [0.29, 0.717) is 6.54 Å². The van der Waals surface area contributed by atoms with Gasteiger partial charge in [0.25, 0.3) is 0 Å². The molecule has 7 nitrogen and oxygen atoms in total. The van der Waals surface area contributed by atoms with Crippen LogP contribution in [0.5, 0.6) is 0 Å². The highest BCUT2D eigenvalue weighted by Gasteiger charge is 2.51. The topological polar surface area (TPSA) is 78.1 Å². The minimum Gasteiger partial charge on any atom is -0.327 e. The Hall–Kier alpha value is -3.24. The van der Waals surface area contributed by atoms with Crippen molar-refractivity contribution < 1.29 is 4.79 Å². The number of nitriles is 1. The van der Waals surface area contributed by atoms with E-state index in [1.165, 1.54) is 0 Å². The molecule has 2 aliphatic rings. The minimum atomic E-state index is -0.433. The van der Waals surface area contributed by atoms with Gasteiger partial charge < -0.3 is 14.4 Å². The largest absolute Gasteiger partial charge is 0.327 e. The van der Waals surface area contributed by atoms with Crippen molar-refractivity contribution >= 4 is 22.6 Å². The number of benzene rings is 1. The SMILES string of the molecule is CN1CCC2(CC1)C(=O)N(Cc1cc3cnc(C#N)nc3n1CC(C)(C)C)c1ccccc12. The molecule has 1 amide bonds. The Kier molecular flexibility index (Phi) is 5.02. The van der Waals surface area contributed by atoms with Crippen LogP contribution in [-0.2, 0) is 23.3 Å². The number of amides is 1. The molecule has 33 heavy (non-hydrogen) atoms. The van der Waals surface area contributed by atoms with Gasteiger partial charge >= 0.3 is 0 Å². The van der Waals surface area contributed by atoms with E-state index in [1.807, 2.05) is 23.1 Å². The standard InChI is InChI=1S/C26H30N6O/c1-25(2,3)17-32-19(13-18-15-28-22(14-27)29-23(18)32)16-31-21-8-6-5-7-20(21)26(24(31)33)9-11-30(4)12-10-26/h5-8,13,15H,9-12,16-17H2,1-4H3. The number of piperidine rings is 1. The molecule has 1 aromatic carbocycles. The van der Waals surface area contributed by atoms with E-state index in [-0.39, 0.29) is 17.1 Å². The van der Waals surface area contributed by atoms with Crippen LogP contribution in [0.3, 0.4) is 0 Å². The minimum absolute atomic E-state index is 0.000555. The Morgan fingerprint density at radius 1 is 1.18 bits per heavy atom. The van der Waals surface area contributed by atoms with Crippen molar-refractivity contribution in [2.24, 2.45) is 5.41 Å². The quantitative estimate of drug-likeness (QED) is 0.616. The van der Waals surface area contributed by atoms with Gasteiger partial charge in [0, 0.05) is 29.5 Å². The lowest BCUT2D eigenvalue weighted by Crippen LogP contribution is -2.47. The first-order valence-electron chi connectivity index (χ1n) is 11.6. The highest BCUT2D eigenvalue weighted by molar-refractivity contribution is 6.08. The van der Waals surface area contributed by atoms with Crippen molar-refractivity contribution in [3.8, 4) is 6.07 Å². The zero-order valence-corrected chi connectivity index (χ0v) is 19.8. The van der Waals surface area contributed by atoms with Crippen LogP contribution in [-0.4, -0.2) is 45.5 Å². The first kappa shape index (κ1) is 21.6. The van der Waals surface area contributed by atoms with Crippen LogP contribution in [0.2, 0.25) is 0 Å². The maximum atomic E-state index is 14.0. The molecule has 0 atom stereocenters. The van der Waals surface area contributed by atoms with E-state index in [4.69, 9.17) is 0 Å². The van der Waals surface area contributed by atoms with Gasteiger partial charge in [-0.25, -0.2) is 9.97 Å². The molecule has 4 heterocycles. The normalized spacial score (nSPS) is 18.2. The molecular weight excluding hydrogens is 412 g/mol. The number of likely N-dealkylation sites (tertiary alicyclic amines) is 1. The van der Waals surface area contributed by atoms with Gasteiger partial charge in [-0.3, -0.25) is 4.79 Å². The maximum absolute atomic E-state index is 14.0. The van der Waals surface area contributed by atoms with Crippen molar-refractivity contribution in [2.75, 3.05) is 25.0 Å². The van der Waals surface area contributed by atoms with Crippen LogP contribution in [0, 0.1) is 16.7 Å². The molecule has 3 aromatic rings. The van der Waals surface area contributed by atoms with Crippen molar-refractivity contribution in [1.29, 1.82) is 5.26 Å². The monoisotopic (exact) mass is 442 g/mol. The Morgan fingerprint density at radius 2 is 1.91 bits per heavy atom. The predicted octanol–water partition coefficient (Wildman–Crippen LogP) is 3.86. The third-order valence-corrected chi connectivity index (χ3v) is 6.98. The van der Waals surface area contributed by atoms with Gasteiger partial charge in [-0.2, -0.15) is 5.26 Å². The third kappa shape index (κ3) is 3.59. The van der Waals surface area contributed by atoms with Crippen LogP contribution in [0.1, 0.15) is 50.7 Å². The highest BCUT2D eigenvalue weighted by Crippen LogP contribution is 2.48. The second-order valence-electron chi connectivity index (χ2n) is 10.7. The molecule has 2 aliphatic heterocycles. The fourth-order valence-electron chi connectivity index (χ4n) is 5.33. The lowest BCUT2D eigenvalue weighted by atomic mass is 9.74. The summed E-state index contributed by atoms with van der Waals surface area (Å²) in [5, 5.41) is 10.2. The number of rotatable bonds is 3. The number of carbonyl (C=O) groups is 1. The maximum Gasteiger partial charge on any atom is 0.238 e. The summed E-state index contributed by atoms with van der Waals surface area (Å²) in [6.07, 6.45) is 3.40. The number of hydrogen-bond acceptors (Lipinski definition) is 5. The van der Waals surface area contributed by atoms with Crippen molar-refractivity contribution in [2.45, 2.75) is 52.1 Å². The molecule has 2 aromatic heterocycles. The van der Waals surface area contributed by atoms with Crippen LogP contribution in [0.25, 0.3) is 11.0 Å². The van der Waals surface area contributed by atoms with E-state index in [0.717, 1.165) is 60.5 Å². The Bertz CT molecular complexity index is 1270. The summed E-state index contributed by atoms with van der Waals surface area (Å²) in [5.74, 6) is 0.364. The van der Waals surface area contributed by atoms with Gasteiger partial charge in [0.15, 0.2) is 0 Å². The molecule has 0 radical (unpaired) electrons. The van der Waals surface area contributed by atoms with Gasteiger partial charge in [-0.1, -0.05) is 39.0 Å². The predicted molar refractivity (Wildman–Crippen MR) is 128 cm³/mol. The third-order valence-electron chi connectivity index (χ3n) is 6.98. The van der Waals surface area contributed by atoms with Gasteiger partial charge in [-0.05, 0) is 56.1 Å². The van der Waals surface area contributed by atoms with Crippen molar-refractivity contribution in [3.63, 3.8) is 0 Å². The van der Waals surface area contributed by atoms with E-state index < -0.39 is 5.41 Å². The van der Waals surface area contributed by atoms with Gasteiger partial charge in [0.2, 0.25) is 11.7 Å². The molecule has 0 unspecified atom stereocenters. The Balaban J connectivity index is 1.59. The number of aromatic nitrogens is 3. The van der Waals surface area contributed by atoms with Crippen LogP contribution < -0.4 is 4.90 Å². The van der Waals surface area contributed by atoms with Gasteiger partial charge in [0.05, 0.1) is 12.0 Å². The number of para-hydroxylation sites is 1. The molecule has 1 spiro atoms. The van der Waals surface area contributed by atoms with E-state index in [9.17, 15) is 10.1 Å². The van der Waals surface area contributed by atoms with E-state index >= 15 is 0 Å². The molecule has 0 bridgehead atoms. The first-order chi connectivity index (χ1) is 15.7. The zero-order chi connectivity index (χ0) is 23.4. The second-order valence-corrected chi connectivity index (χ2v) is 10.7. The molecule has 1 fully saturated rings. The molecule has 1 saturated heterocycles. The van der Waals surface area contributed by atoms with Crippen molar-refractivity contribution in [3.05, 3.63) is 53.6 Å². The molecule has 170 valence electrons. The average molecular weight is 443 g/mol. The lowest BCUT2D eigenvalue weighted by Gasteiger charge is -2.37. The Labute approximate surface area is 194 Å². The first-order valence-corrected chi connectivity index (χ1v) is 11.6. The van der Waals surface area contributed by atoms with Gasteiger partial charge in [-0.15, -0.1) is 0 Å². The van der Waals surface area contributed by atoms with Crippen LogP contribution in [0.15, 0.2) is 36.5 Å². The summed E-state index contributed by atoms with van der Waals surface area (Å²) in [6.45, 7) is 9.58. The molecular formula is C26H30N6O. The summed E-state index contributed by atoms with van der Waals surface area (Å²) in [6, 6.07) is 12.4. The fourth-order valence-corrected chi connectivity index (χ4v) is 5.33. The number of fused-ring (bicyclic) bond motifs is 3. The number of nitrogens with zero attached hydrogens (tertiary/aromatic N) is 6. The summed E-state index contributed by atoms with van der Waals surface area (Å²) in [4.78, 5) is 26.9. The second kappa shape index (κ2) is 7.67. The molecule has 0 aliphatic carbocycles. The molecule has 5 rings (SSSR count). The van der Waals surface area contributed by atoms with E-state index in [2.05, 4.69) is 65.5 Å². The highest BCUT2D eigenvalue weighted by atomic mass is 16.2. The summed E-state index contributed by atoms with van der Waals surface area (Å²) in [7, 11) is 2.12. The molecule has 0 saturated carbocycles. The van der Waals surface area contributed by atoms with Gasteiger partial charge in [0.1, 0.15) is 11.7 Å². The van der Waals surface area contributed by atoms with Crippen LogP contribution >= 0.6 is 0 Å². The Morgan fingerprint density at radius 3 is 2.61 bits per heavy atom. The zero-order valence-electron chi connectivity index (χ0n) is 19.8. The molecule has 0 N–H and O–H groups in total. The average Bonchev–Trinajstić information content (AvgIpc) is 3.23.